The van der Waals surface area contributed by atoms with E-state index in [2.05, 4.69) is 136 Å². The van der Waals surface area contributed by atoms with Gasteiger partial charge in [-0.25, -0.2) is 15.0 Å². The van der Waals surface area contributed by atoms with E-state index in [1.807, 2.05) is 6.07 Å². The number of aryl methyl sites for hydroxylation is 1. The summed E-state index contributed by atoms with van der Waals surface area (Å²) in [6.45, 7) is 6.69. The standard InChI is InChI=1S/C37H29N3/c1-24-13-15-27(16-14-24)34-38-35(28-19-17-26(18-20-28)25-9-5-4-6-10-25)40-36(39-34)29-21-22-31-30-11-7-8-12-32(30)37(2,3)33(31)23-29/h4-23H,1-3H3. The molecule has 3 nitrogen and oxygen atoms in total. The van der Waals surface area contributed by atoms with Crippen molar-refractivity contribution in [3.8, 4) is 56.4 Å². The maximum Gasteiger partial charge on any atom is 0.164 e. The van der Waals surface area contributed by atoms with E-state index < -0.39 is 0 Å². The third-order valence-corrected chi connectivity index (χ3v) is 8.04. The Hall–Kier alpha value is -4.89. The van der Waals surface area contributed by atoms with E-state index in [4.69, 9.17) is 15.0 Å². The summed E-state index contributed by atoms with van der Waals surface area (Å²) in [4.78, 5) is 15.0. The minimum Gasteiger partial charge on any atom is -0.208 e. The minimum absolute atomic E-state index is 0.0924. The molecule has 6 aromatic rings. The molecular formula is C37H29N3. The van der Waals surface area contributed by atoms with Crippen molar-refractivity contribution in [2.24, 2.45) is 0 Å². The topological polar surface area (TPSA) is 38.7 Å². The van der Waals surface area contributed by atoms with E-state index in [0.29, 0.717) is 17.5 Å². The fraction of sp³-hybridized carbons (Fsp3) is 0.108. The van der Waals surface area contributed by atoms with E-state index in [1.165, 1.54) is 33.4 Å². The van der Waals surface area contributed by atoms with Gasteiger partial charge in [0, 0.05) is 22.1 Å². The first-order valence-electron chi connectivity index (χ1n) is 13.7. The molecular weight excluding hydrogens is 486 g/mol. The van der Waals surface area contributed by atoms with Gasteiger partial charge < -0.3 is 0 Å². The molecule has 0 unspecified atom stereocenters. The molecule has 3 heteroatoms. The Balaban J connectivity index is 1.36. The Morgan fingerprint density at radius 3 is 1.57 bits per heavy atom. The highest BCUT2D eigenvalue weighted by Crippen LogP contribution is 2.49. The molecule has 0 N–H and O–H groups in total. The van der Waals surface area contributed by atoms with E-state index in [1.54, 1.807) is 0 Å². The van der Waals surface area contributed by atoms with Crippen LogP contribution < -0.4 is 0 Å². The average molecular weight is 516 g/mol. The predicted molar refractivity (Wildman–Crippen MR) is 164 cm³/mol. The van der Waals surface area contributed by atoms with Crippen LogP contribution in [0.1, 0.15) is 30.5 Å². The van der Waals surface area contributed by atoms with Gasteiger partial charge in [-0.15, -0.1) is 0 Å². The van der Waals surface area contributed by atoms with Gasteiger partial charge in [-0.2, -0.15) is 0 Å². The fourth-order valence-electron chi connectivity index (χ4n) is 5.75. The predicted octanol–water partition coefficient (Wildman–Crippen LogP) is 9.15. The summed E-state index contributed by atoms with van der Waals surface area (Å²) in [7, 11) is 0. The molecule has 40 heavy (non-hydrogen) atoms. The second kappa shape index (κ2) is 9.39. The molecule has 0 radical (unpaired) electrons. The molecule has 1 aromatic heterocycles. The van der Waals surface area contributed by atoms with Gasteiger partial charge in [-0.1, -0.05) is 135 Å². The lowest BCUT2D eigenvalue weighted by Crippen LogP contribution is -2.15. The molecule has 5 aromatic carbocycles. The molecule has 1 aliphatic carbocycles. The van der Waals surface area contributed by atoms with E-state index in [-0.39, 0.29) is 5.41 Å². The molecule has 0 amide bonds. The number of hydrogen-bond donors (Lipinski definition) is 0. The number of rotatable bonds is 4. The first-order valence-corrected chi connectivity index (χ1v) is 13.7. The second-order valence-corrected chi connectivity index (χ2v) is 11.0. The molecule has 0 spiro atoms. The summed E-state index contributed by atoms with van der Waals surface area (Å²) in [5.41, 5.74) is 11.7. The average Bonchev–Trinajstić information content (AvgIpc) is 3.24. The monoisotopic (exact) mass is 515 g/mol. The minimum atomic E-state index is -0.0924. The third kappa shape index (κ3) is 4.11. The third-order valence-electron chi connectivity index (χ3n) is 8.04. The van der Waals surface area contributed by atoms with Crippen LogP contribution in [0.15, 0.2) is 121 Å². The molecule has 0 atom stereocenters. The summed E-state index contributed by atoms with van der Waals surface area (Å²) >= 11 is 0. The molecule has 0 saturated carbocycles. The van der Waals surface area contributed by atoms with Gasteiger partial charge >= 0.3 is 0 Å². The Bertz CT molecular complexity index is 1850. The molecule has 0 fully saturated rings. The first kappa shape index (κ1) is 24.2. The van der Waals surface area contributed by atoms with Crippen molar-refractivity contribution in [1.29, 1.82) is 0 Å². The summed E-state index contributed by atoms with van der Waals surface area (Å²) < 4.78 is 0. The maximum absolute atomic E-state index is 5.02. The number of benzene rings is 5. The van der Waals surface area contributed by atoms with Crippen molar-refractivity contribution in [2.75, 3.05) is 0 Å². The maximum atomic E-state index is 5.02. The lowest BCUT2D eigenvalue weighted by atomic mass is 9.82. The normalized spacial score (nSPS) is 13.1. The van der Waals surface area contributed by atoms with Gasteiger partial charge in [0.2, 0.25) is 0 Å². The summed E-state index contributed by atoms with van der Waals surface area (Å²) in [5.74, 6) is 2.03. The Morgan fingerprint density at radius 1 is 0.425 bits per heavy atom. The molecule has 0 saturated heterocycles. The van der Waals surface area contributed by atoms with Gasteiger partial charge in [0.1, 0.15) is 0 Å². The highest BCUT2D eigenvalue weighted by Gasteiger charge is 2.35. The summed E-state index contributed by atoms with van der Waals surface area (Å²) in [6.07, 6.45) is 0. The zero-order valence-electron chi connectivity index (χ0n) is 22.9. The van der Waals surface area contributed by atoms with Gasteiger partial charge in [-0.3, -0.25) is 0 Å². The largest absolute Gasteiger partial charge is 0.208 e. The molecule has 0 bridgehead atoms. The summed E-state index contributed by atoms with van der Waals surface area (Å²) in [6, 6.07) is 42.6. The van der Waals surface area contributed by atoms with Crippen molar-refractivity contribution in [3.05, 3.63) is 138 Å². The van der Waals surface area contributed by atoms with E-state index in [9.17, 15) is 0 Å². The van der Waals surface area contributed by atoms with Crippen LogP contribution in [0.4, 0.5) is 0 Å². The zero-order chi connectivity index (χ0) is 27.3. The quantitative estimate of drug-likeness (QED) is 0.235. The molecule has 7 rings (SSSR count). The number of hydrogen-bond acceptors (Lipinski definition) is 3. The van der Waals surface area contributed by atoms with Gasteiger partial charge in [-0.05, 0) is 46.4 Å². The van der Waals surface area contributed by atoms with Crippen LogP contribution in [0.5, 0.6) is 0 Å². The Labute approximate surface area is 235 Å². The highest BCUT2D eigenvalue weighted by atomic mass is 15.0. The van der Waals surface area contributed by atoms with Crippen LogP contribution >= 0.6 is 0 Å². The number of fused-ring (bicyclic) bond motifs is 3. The molecule has 1 heterocycles. The van der Waals surface area contributed by atoms with Gasteiger partial charge in [0.25, 0.3) is 0 Å². The fourth-order valence-corrected chi connectivity index (χ4v) is 5.75. The number of nitrogens with zero attached hydrogens (tertiary/aromatic N) is 3. The lowest BCUT2D eigenvalue weighted by molar-refractivity contribution is 0.660. The lowest BCUT2D eigenvalue weighted by Gasteiger charge is -2.21. The van der Waals surface area contributed by atoms with Crippen molar-refractivity contribution in [2.45, 2.75) is 26.2 Å². The second-order valence-electron chi connectivity index (χ2n) is 11.0. The Morgan fingerprint density at radius 2 is 0.900 bits per heavy atom. The van der Waals surface area contributed by atoms with Crippen LogP contribution in [0.2, 0.25) is 0 Å². The van der Waals surface area contributed by atoms with Crippen LogP contribution in [0.3, 0.4) is 0 Å². The molecule has 1 aliphatic rings. The van der Waals surface area contributed by atoms with E-state index >= 15 is 0 Å². The Kier molecular flexibility index (Phi) is 5.67. The van der Waals surface area contributed by atoms with Crippen molar-refractivity contribution in [1.82, 2.24) is 15.0 Å². The zero-order valence-corrected chi connectivity index (χ0v) is 22.9. The molecule has 0 aliphatic heterocycles. The van der Waals surface area contributed by atoms with Gasteiger partial charge in [0.15, 0.2) is 17.5 Å². The van der Waals surface area contributed by atoms with Crippen molar-refractivity contribution < 1.29 is 0 Å². The first-order chi connectivity index (χ1) is 19.5. The van der Waals surface area contributed by atoms with Crippen LogP contribution in [0, 0.1) is 6.92 Å². The highest BCUT2D eigenvalue weighted by molar-refractivity contribution is 5.83. The van der Waals surface area contributed by atoms with Crippen LogP contribution in [0.25, 0.3) is 56.4 Å². The molecule has 192 valence electrons. The van der Waals surface area contributed by atoms with E-state index in [0.717, 1.165) is 22.3 Å². The smallest absolute Gasteiger partial charge is 0.164 e. The van der Waals surface area contributed by atoms with Crippen molar-refractivity contribution in [3.63, 3.8) is 0 Å². The number of aromatic nitrogens is 3. The summed E-state index contributed by atoms with van der Waals surface area (Å²) in [5, 5.41) is 0. The SMILES string of the molecule is Cc1ccc(-c2nc(-c3ccc(-c4ccccc4)cc3)nc(-c3ccc4c(c3)C(C)(C)c3ccccc3-4)n2)cc1. The van der Waals surface area contributed by atoms with Gasteiger partial charge in [0.05, 0.1) is 0 Å². The van der Waals surface area contributed by atoms with Crippen LogP contribution in [-0.2, 0) is 5.41 Å². The van der Waals surface area contributed by atoms with Crippen molar-refractivity contribution >= 4 is 0 Å². The van der Waals surface area contributed by atoms with Crippen LogP contribution in [-0.4, -0.2) is 15.0 Å².